The molecule has 17 heavy (non-hydrogen) atoms. The van der Waals surface area contributed by atoms with E-state index in [1.54, 1.807) is 12.1 Å². The first-order valence-electron chi connectivity index (χ1n) is 5.56. The maximum absolute atomic E-state index is 12.1. The Morgan fingerprint density at radius 2 is 2.00 bits per heavy atom. The summed E-state index contributed by atoms with van der Waals surface area (Å²) in [7, 11) is 0. The van der Waals surface area contributed by atoms with Crippen LogP contribution in [0, 0.1) is 0 Å². The molecule has 1 atom stereocenters. The van der Waals surface area contributed by atoms with Gasteiger partial charge in [0.2, 0.25) is 11.8 Å². The van der Waals surface area contributed by atoms with E-state index >= 15 is 0 Å². The van der Waals surface area contributed by atoms with E-state index < -0.39 is 0 Å². The Labute approximate surface area is 104 Å². The maximum atomic E-state index is 12.1. The maximum Gasteiger partial charge on any atom is 0.247 e. The summed E-state index contributed by atoms with van der Waals surface area (Å²) in [5.41, 5.74) is 4.40. The average Bonchev–Trinajstić information content (AvgIpc) is 2.63. The van der Waals surface area contributed by atoms with Gasteiger partial charge in [0.15, 0.2) is 0 Å². The Hall–Kier alpha value is -1.33. The molecule has 0 aromatic heterocycles. The van der Waals surface area contributed by atoms with Crippen molar-refractivity contribution in [2.45, 2.75) is 11.7 Å². The number of rotatable bonds is 4. The Morgan fingerprint density at radius 3 is 2.65 bits per heavy atom. The second-order valence-corrected chi connectivity index (χ2v) is 5.13. The number of anilines is 1. The number of carbonyl (C=O) groups is 2. The van der Waals surface area contributed by atoms with Crippen molar-refractivity contribution >= 4 is 29.3 Å². The van der Waals surface area contributed by atoms with Crippen LogP contribution in [0.3, 0.4) is 0 Å². The van der Waals surface area contributed by atoms with Crippen LogP contribution in [-0.4, -0.2) is 29.4 Å². The highest BCUT2D eigenvalue weighted by Gasteiger charge is 2.39. The minimum absolute atomic E-state index is 0.0975. The molecule has 3 N–H and O–H groups in total. The Bertz CT molecular complexity index is 422. The molecule has 1 aromatic rings. The van der Waals surface area contributed by atoms with Gasteiger partial charge < -0.3 is 5.73 Å². The lowest BCUT2D eigenvalue weighted by molar-refractivity contribution is -0.360. The number of benzene rings is 1. The fourth-order valence-electron chi connectivity index (χ4n) is 1.81. The van der Waals surface area contributed by atoms with E-state index in [9.17, 15) is 9.59 Å². The van der Waals surface area contributed by atoms with Crippen LogP contribution in [-0.2, 0) is 9.59 Å². The molecule has 0 saturated carbocycles. The first-order chi connectivity index (χ1) is 8.24. The molecule has 2 amide bonds. The van der Waals surface area contributed by atoms with E-state index in [2.05, 4.69) is 5.73 Å². The summed E-state index contributed by atoms with van der Waals surface area (Å²) in [6.45, 7) is 0.772. The third kappa shape index (κ3) is 2.50. The third-order valence-electron chi connectivity index (χ3n) is 2.58. The number of nitrogens with zero attached hydrogens (tertiary/aromatic N) is 1. The Morgan fingerprint density at radius 1 is 1.29 bits per heavy atom. The second kappa shape index (κ2) is 5.33. The highest BCUT2D eigenvalue weighted by molar-refractivity contribution is 8.00. The molecule has 5 heteroatoms. The quantitative estimate of drug-likeness (QED) is 0.782. The molecule has 1 fully saturated rings. The van der Waals surface area contributed by atoms with Gasteiger partial charge in [-0.15, -0.1) is 11.8 Å². The van der Waals surface area contributed by atoms with Gasteiger partial charge in [0.05, 0.1) is 17.5 Å². The van der Waals surface area contributed by atoms with Gasteiger partial charge in [-0.05, 0) is 12.1 Å². The van der Waals surface area contributed by atoms with E-state index in [0.717, 1.165) is 12.3 Å². The number of amides is 2. The summed E-state index contributed by atoms with van der Waals surface area (Å²) in [5.74, 6) is 0.606. The van der Waals surface area contributed by atoms with Crippen LogP contribution in [0.1, 0.15) is 6.42 Å². The molecule has 1 heterocycles. The van der Waals surface area contributed by atoms with E-state index in [0.29, 0.717) is 12.1 Å². The summed E-state index contributed by atoms with van der Waals surface area (Å²) in [6, 6.07) is 9.08. The number of imide groups is 1. The minimum atomic E-state index is -0.232. The van der Waals surface area contributed by atoms with Crippen molar-refractivity contribution in [1.29, 1.82) is 0 Å². The van der Waals surface area contributed by atoms with Crippen molar-refractivity contribution in [3.8, 4) is 0 Å². The summed E-state index contributed by atoms with van der Waals surface area (Å²) >= 11 is 1.52. The number of quaternary nitrogens is 1. The molecule has 2 rings (SSSR count). The number of hydrogen-bond acceptors (Lipinski definition) is 3. The Kier molecular flexibility index (Phi) is 3.81. The van der Waals surface area contributed by atoms with Crippen LogP contribution >= 0.6 is 11.8 Å². The highest BCUT2D eigenvalue weighted by Crippen LogP contribution is 2.28. The van der Waals surface area contributed by atoms with Crippen molar-refractivity contribution in [1.82, 2.24) is 0 Å². The predicted octanol–water partition coefficient (Wildman–Crippen LogP) is 0.294. The molecule has 4 nitrogen and oxygen atoms in total. The molecule has 0 aliphatic carbocycles. The molecule has 0 bridgehead atoms. The molecule has 1 aliphatic heterocycles. The third-order valence-corrected chi connectivity index (χ3v) is 3.88. The smallest absolute Gasteiger partial charge is 0.247 e. The van der Waals surface area contributed by atoms with Crippen molar-refractivity contribution < 1.29 is 15.3 Å². The molecular weight excluding hydrogens is 236 g/mol. The summed E-state index contributed by atoms with van der Waals surface area (Å²) in [4.78, 5) is 25.2. The highest BCUT2D eigenvalue weighted by atomic mass is 32.2. The van der Waals surface area contributed by atoms with Crippen LogP contribution < -0.4 is 10.6 Å². The van der Waals surface area contributed by atoms with E-state index in [1.165, 1.54) is 16.7 Å². The largest absolute Gasteiger partial charge is 0.357 e. The zero-order valence-corrected chi connectivity index (χ0v) is 10.3. The number of para-hydroxylation sites is 1. The van der Waals surface area contributed by atoms with E-state index in [1.807, 2.05) is 18.2 Å². The standard InChI is InChI=1S/C12H14N2O2S/c13-6-7-17-10-8-11(15)14(12(10)16)9-4-2-1-3-5-9/h1-5,10H,6-8,13H2/p+1/t10-/m0/s1. The van der Waals surface area contributed by atoms with Crippen LogP contribution in [0.5, 0.6) is 0 Å². The van der Waals surface area contributed by atoms with Gasteiger partial charge >= 0.3 is 0 Å². The molecule has 0 radical (unpaired) electrons. The summed E-state index contributed by atoms with van der Waals surface area (Å²) in [6.07, 6.45) is 0.304. The van der Waals surface area contributed by atoms with Crippen LogP contribution in [0.25, 0.3) is 0 Å². The van der Waals surface area contributed by atoms with Crippen LogP contribution in [0.2, 0.25) is 0 Å². The first kappa shape index (κ1) is 12.1. The molecule has 1 saturated heterocycles. The monoisotopic (exact) mass is 251 g/mol. The molecular formula is C12H15N2O2S+. The molecule has 0 spiro atoms. The summed E-state index contributed by atoms with van der Waals surface area (Å²) in [5, 5.41) is -0.232. The van der Waals surface area contributed by atoms with Gasteiger partial charge in [0, 0.05) is 12.2 Å². The first-order valence-corrected chi connectivity index (χ1v) is 6.61. The fourth-order valence-corrected chi connectivity index (χ4v) is 2.77. The zero-order valence-electron chi connectivity index (χ0n) is 9.46. The van der Waals surface area contributed by atoms with Gasteiger partial charge in [0.1, 0.15) is 0 Å². The normalized spacial score (nSPS) is 20.1. The van der Waals surface area contributed by atoms with Gasteiger partial charge in [-0.3, -0.25) is 9.59 Å². The predicted molar refractivity (Wildman–Crippen MR) is 67.6 cm³/mol. The second-order valence-electron chi connectivity index (χ2n) is 3.82. The number of carbonyl (C=O) groups excluding carboxylic acids is 2. The molecule has 0 unspecified atom stereocenters. The fraction of sp³-hybridized carbons (Fsp3) is 0.333. The molecule has 90 valence electrons. The molecule has 1 aromatic carbocycles. The lowest BCUT2D eigenvalue weighted by atomic mass is 10.3. The van der Waals surface area contributed by atoms with Gasteiger partial charge in [0.25, 0.3) is 0 Å². The van der Waals surface area contributed by atoms with E-state index in [-0.39, 0.29) is 17.1 Å². The van der Waals surface area contributed by atoms with Crippen molar-refractivity contribution in [2.24, 2.45) is 0 Å². The lowest BCUT2D eigenvalue weighted by Gasteiger charge is -2.14. The van der Waals surface area contributed by atoms with Crippen molar-refractivity contribution in [3.05, 3.63) is 30.3 Å². The molecule has 1 aliphatic rings. The van der Waals surface area contributed by atoms with Crippen molar-refractivity contribution in [2.75, 3.05) is 17.2 Å². The van der Waals surface area contributed by atoms with E-state index in [4.69, 9.17) is 0 Å². The van der Waals surface area contributed by atoms with Gasteiger partial charge in [-0.1, -0.05) is 18.2 Å². The Balaban J connectivity index is 2.15. The average molecular weight is 251 g/mol. The lowest BCUT2D eigenvalue weighted by Crippen LogP contribution is -2.51. The van der Waals surface area contributed by atoms with Gasteiger partial charge in [-0.2, -0.15) is 0 Å². The van der Waals surface area contributed by atoms with Crippen LogP contribution in [0.4, 0.5) is 5.69 Å². The van der Waals surface area contributed by atoms with Crippen molar-refractivity contribution in [3.63, 3.8) is 0 Å². The van der Waals surface area contributed by atoms with Crippen LogP contribution in [0.15, 0.2) is 30.3 Å². The van der Waals surface area contributed by atoms with Gasteiger partial charge in [-0.25, -0.2) is 4.90 Å². The zero-order chi connectivity index (χ0) is 12.3. The minimum Gasteiger partial charge on any atom is -0.357 e. The SMILES string of the molecule is [NH3+]CCS[C@H]1CC(=O)N(c2ccccc2)C1=O. The topological polar surface area (TPSA) is 65.0 Å². The number of thioether (sulfide) groups is 1. The summed E-state index contributed by atoms with van der Waals surface area (Å²) < 4.78 is 0. The number of hydrogen-bond donors (Lipinski definition) is 1.